The average Bonchev–Trinajstić information content (AvgIpc) is 2.84. The van der Waals surface area contributed by atoms with E-state index < -0.39 is 0 Å². The Morgan fingerprint density at radius 3 is 2.42 bits per heavy atom. The fraction of sp³-hybridized carbons (Fsp3) is 0.176. The Bertz CT molecular complexity index is 670. The molecule has 0 unspecified atom stereocenters. The smallest absolute Gasteiger partial charge is 0.0833 e. The van der Waals surface area contributed by atoms with Crippen molar-refractivity contribution in [3.8, 4) is 0 Å². The molecule has 0 fully saturated rings. The minimum Gasteiger partial charge on any atom is -0.390 e. The highest BCUT2D eigenvalue weighted by atomic mass is 16.3. The van der Waals surface area contributed by atoms with Crippen LogP contribution in [0.1, 0.15) is 11.3 Å². The molecule has 1 aromatic heterocycles. The first kappa shape index (κ1) is 12.0. The largest absolute Gasteiger partial charge is 0.390 e. The lowest BCUT2D eigenvalue weighted by Gasteiger charge is -2.09. The number of para-hydroxylation sites is 1. The third-order valence-corrected chi connectivity index (χ3v) is 3.53. The summed E-state index contributed by atoms with van der Waals surface area (Å²) in [6.45, 7) is 0.983. The van der Waals surface area contributed by atoms with Crippen LogP contribution in [0.15, 0.2) is 60.7 Å². The van der Waals surface area contributed by atoms with Gasteiger partial charge in [0.05, 0.1) is 6.61 Å². The topological polar surface area (TPSA) is 25.2 Å². The van der Waals surface area contributed by atoms with Crippen LogP contribution in [0.5, 0.6) is 0 Å². The molecule has 3 rings (SSSR count). The van der Waals surface area contributed by atoms with Crippen molar-refractivity contribution < 1.29 is 5.11 Å². The monoisotopic (exact) mass is 251 g/mol. The Balaban J connectivity index is 1.91. The molecule has 2 heteroatoms. The maximum Gasteiger partial charge on any atom is 0.0833 e. The van der Waals surface area contributed by atoms with Gasteiger partial charge in [0.25, 0.3) is 0 Å². The number of hydrogen-bond acceptors (Lipinski definition) is 1. The van der Waals surface area contributed by atoms with Gasteiger partial charge >= 0.3 is 0 Å². The van der Waals surface area contributed by atoms with Crippen LogP contribution in [0.3, 0.4) is 0 Å². The second-order valence-electron chi connectivity index (χ2n) is 4.74. The molecule has 0 aliphatic rings. The average molecular weight is 251 g/mol. The SMILES string of the molecule is OCc1cc2ccccc2n1CCc1ccccc1. The van der Waals surface area contributed by atoms with E-state index in [-0.39, 0.29) is 6.61 Å². The number of rotatable bonds is 4. The van der Waals surface area contributed by atoms with Gasteiger partial charge in [-0.2, -0.15) is 0 Å². The zero-order chi connectivity index (χ0) is 13.1. The molecule has 0 aliphatic heterocycles. The molecule has 0 saturated heterocycles. The Hall–Kier alpha value is -2.06. The van der Waals surface area contributed by atoms with Gasteiger partial charge < -0.3 is 9.67 Å². The highest BCUT2D eigenvalue weighted by Crippen LogP contribution is 2.20. The maximum atomic E-state index is 9.50. The summed E-state index contributed by atoms with van der Waals surface area (Å²) in [7, 11) is 0. The Kier molecular flexibility index (Phi) is 3.34. The second kappa shape index (κ2) is 5.29. The van der Waals surface area contributed by atoms with Crippen LogP contribution >= 0.6 is 0 Å². The van der Waals surface area contributed by atoms with Gasteiger partial charge in [0.15, 0.2) is 0 Å². The van der Waals surface area contributed by atoms with Gasteiger partial charge in [0.2, 0.25) is 0 Å². The van der Waals surface area contributed by atoms with Crippen molar-refractivity contribution in [1.82, 2.24) is 4.57 Å². The van der Waals surface area contributed by atoms with Crippen molar-refractivity contribution in [3.05, 3.63) is 71.9 Å². The van der Waals surface area contributed by atoms with Crippen LogP contribution in [0.4, 0.5) is 0 Å². The molecule has 0 saturated carbocycles. The predicted molar refractivity (Wildman–Crippen MR) is 78.0 cm³/mol. The molecule has 0 aliphatic carbocycles. The minimum absolute atomic E-state index is 0.0868. The summed E-state index contributed by atoms with van der Waals surface area (Å²) in [6.07, 6.45) is 0.979. The number of fused-ring (bicyclic) bond motifs is 1. The lowest BCUT2D eigenvalue weighted by atomic mass is 10.1. The van der Waals surface area contributed by atoms with Crippen LogP contribution in [-0.4, -0.2) is 9.67 Å². The fourth-order valence-corrected chi connectivity index (χ4v) is 2.55. The minimum atomic E-state index is 0.0868. The number of aliphatic hydroxyl groups excluding tert-OH is 1. The van der Waals surface area contributed by atoms with Crippen LogP contribution in [0.2, 0.25) is 0 Å². The normalized spacial score (nSPS) is 11.0. The quantitative estimate of drug-likeness (QED) is 0.755. The van der Waals surface area contributed by atoms with Crippen molar-refractivity contribution in [1.29, 1.82) is 0 Å². The number of benzene rings is 2. The van der Waals surface area contributed by atoms with Crippen LogP contribution < -0.4 is 0 Å². The van der Waals surface area contributed by atoms with Crippen molar-refractivity contribution in [2.45, 2.75) is 19.6 Å². The lowest BCUT2D eigenvalue weighted by molar-refractivity contribution is 0.271. The van der Waals surface area contributed by atoms with E-state index in [2.05, 4.69) is 47.0 Å². The number of aryl methyl sites for hydroxylation is 2. The molecule has 2 aromatic carbocycles. The van der Waals surface area contributed by atoms with E-state index in [9.17, 15) is 5.11 Å². The molecule has 0 amide bonds. The van der Waals surface area contributed by atoms with Crippen molar-refractivity contribution in [2.75, 3.05) is 0 Å². The summed E-state index contributed by atoms with van der Waals surface area (Å²) in [5.41, 5.74) is 3.50. The summed E-state index contributed by atoms with van der Waals surface area (Å²) in [4.78, 5) is 0. The third kappa shape index (κ3) is 2.40. The van der Waals surface area contributed by atoms with Crippen LogP contribution in [0, 0.1) is 0 Å². The summed E-state index contributed by atoms with van der Waals surface area (Å²) in [5, 5.41) is 10.7. The van der Waals surface area contributed by atoms with Crippen LogP contribution in [-0.2, 0) is 19.6 Å². The Morgan fingerprint density at radius 1 is 0.895 bits per heavy atom. The van der Waals surface area contributed by atoms with E-state index in [1.54, 1.807) is 0 Å². The molecular formula is C17H17NO. The van der Waals surface area contributed by atoms with Gasteiger partial charge in [-0.1, -0.05) is 48.5 Å². The van der Waals surface area contributed by atoms with Gasteiger partial charge in [-0.15, -0.1) is 0 Å². The van der Waals surface area contributed by atoms with Crippen LogP contribution in [0.25, 0.3) is 10.9 Å². The molecule has 19 heavy (non-hydrogen) atoms. The number of hydrogen-bond donors (Lipinski definition) is 1. The van der Waals surface area contributed by atoms with E-state index in [0.717, 1.165) is 18.7 Å². The predicted octanol–water partition coefficient (Wildman–Crippen LogP) is 3.38. The molecule has 0 bridgehead atoms. The van der Waals surface area contributed by atoms with E-state index in [4.69, 9.17) is 0 Å². The van der Waals surface area contributed by atoms with E-state index in [1.165, 1.54) is 16.5 Å². The first-order valence-corrected chi connectivity index (χ1v) is 6.60. The summed E-state index contributed by atoms with van der Waals surface area (Å²) in [6, 6.07) is 20.8. The van der Waals surface area contributed by atoms with Gasteiger partial charge in [-0.05, 0) is 29.5 Å². The zero-order valence-corrected chi connectivity index (χ0v) is 10.8. The first-order valence-electron chi connectivity index (χ1n) is 6.60. The van der Waals surface area contributed by atoms with Gasteiger partial charge in [0.1, 0.15) is 0 Å². The van der Waals surface area contributed by atoms with E-state index in [1.807, 2.05) is 18.2 Å². The molecule has 0 radical (unpaired) electrons. The van der Waals surface area contributed by atoms with Gasteiger partial charge in [-0.3, -0.25) is 0 Å². The Labute approximate surface area is 112 Å². The lowest BCUT2D eigenvalue weighted by Crippen LogP contribution is -2.05. The van der Waals surface area contributed by atoms with Crippen molar-refractivity contribution >= 4 is 10.9 Å². The van der Waals surface area contributed by atoms with E-state index in [0.29, 0.717) is 0 Å². The molecular weight excluding hydrogens is 234 g/mol. The highest BCUT2D eigenvalue weighted by Gasteiger charge is 2.07. The summed E-state index contributed by atoms with van der Waals surface area (Å²) >= 11 is 0. The highest BCUT2D eigenvalue weighted by molar-refractivity contribution is 5.81. The molecule has 1 heterocycles. The standard InChI is InChI=1S/C17H17NO/c19-13-16-12-15-8-4-5-9-17(15)18(16)11-10-14-6-2-1-3-7-14/h1-9,12,19H,10-11,13H2. The molecule has 0 atom stereocenters. The molecule has 96 valence electrons. The summed E-state index contributed by atoms with van der Waals surface area (Å²) in [5.74, 6) is 0. The Morgan fingerprint density at radius 2 is 1.63 bits per heavy atom. The molecule has 0 spiro atoms. The van der Waals surface area contributed by atoms with Crippen molar-refractivity contribution in [2.24, 2.45) is 0 Å². The van der Waals surface area contributed by atoms with Gasteiger partial charge in [-0.25, -0.2) is 0 Å². The number of nitrogens with zero attached hydrogens (tertiary/aromatic N) is 1. The summed E-state index contributed by atoms with van der Waals surface area (Å²) < 4.78 is 2.21. The first-order chi connectivity index (χ1) is 9.38. The third-order valence-electron chi connectivity index (χ3n) is 3.53. The van der Waals surface area contributed by atoms with Gasteiger partial charge in [0, 0.05) is 17.8 Å². The second-order valence-corrected chi connectivity index (χ2v) is 4.74. The molecule has 2 nitrogen and oxygen atoms in total. The zero-order valence-electron chi connectivity index (χ0n) is 10.8. The van der Waals surface area contributed by atoms with E-state index >= 15 is 0 Å². The molecule has 1 N–H and O–H groups in total. The molecule has 3 aromatic rings. The fourth-order valence-electron chi connectivity index (χ4n) is 2.55. The maximum absolute atomic E-state index is 9.50. The van der Waals surface area contributed by atoms with Crippen molar-refractivity contribution in [3.63, 3.8) is 0 Å². The number of aliphatic hydroxyl groups is 1. The number of aromatic nitrogens is 1.